The van der Waals surface area contributed by atoms with E-state index in [1.54, 1.807) is 18.2 Å². The van der Waals surface area contributed by atoms with Gasteiger partial charge in [-0.25, -0.2) is 4.98 Å². The van der Waals surface area contributed by atoms with E-state index in [2.05, 4.69) is 20.9 Å². The Morgan fingerprint density at radius 3 is 2.53 bits per heavy atom. The van der Waals surface area contributed by atoms with Gasteiger partial charge in [0.2, 0.25) is 5.95 Å². The van der Waals surface area contributed by atoms with Gasteiger partial charge in [-0.1, -0.05) is 12.1 Å². The summed E-state index contributed by atoms with van der Waals surface area (Å²) in [4.78, 5) is 3.60. The average molecular weight is 268 g/mol. The first-order chi connectivity index (χ1) is 7.16. The number of halogens is 2. The third-order valence-electron chi connectivity index (χ3n) is 1.98. The van der Waals surface area contributed by atoms with Crippen molar-refractivity contribution in [1.29, 1.82) is 0 Å². The fourth-order valence-corrected chi connectivity index (χ4v) is 1.60. The third-order valence-corrected chi connectivity index (χ3v) is 2.42. The molecule has 0 saturated carbocycles. The lowest BCUT2D eigenvalue weighted by molar-refractivity contribution is 0.475. The van der Waals surface area contributed by atoms with Crippen LogP contribution in [-0.2, 0) is 0 Å². The zero-order valence-electron chi connectivity index (χ0n) is 7.61. The van der Waals surface area contributed by atoms with Gasteiger partial charge in [0.1, 0.15) is 5.75 Å². The molecule has 1 N–H and O–H groups in total. The second-order valence-corrected chi connectivity index (χ2v) is 3.95. The molecule has 0 fully saturated rings. The molecular weight excluding hydrogens is 261 g/mol. The van der Waals surface area contributed by atoms with Crippen molar-refractivity contribution in [2.24, 2.45) is 0 Å². The molecule has 0 bridgehead atoms. The van der Waals surface area contributed by atoms with Gasteiger partial charge in [-0.2, -0.15) is 4.39 Å². The predicted octanol–water partition coefficient (Wildman–Crippen LogP) is 3.36. The maximum atomic E-state index is 13.4. The SMILES string of the molecule is Oc1ccc(-c2cc(Br)cnc2F)cc1. The largest absolute Gasteiger partial charge is 0.508 e. The zero-order valence-corrected chi connectivity index (χ0v) is 9.20. The highest BCUT2D eigenvalue weighted by Gasteiger charge is 2.06. The van der Waals surface area contributed by atoms with Crippen LogP contribution in [0.15, 0.2) is 41.0 Å². The molecule has 2 nitrogen and oxygen atoms in total. The molecule has 0 aliphatic carbocycles. The van der Waals surface area contributed by atoms with E-state index in [9.17, 15) is 4.39 Å². The number of phenols is 1. The van der Waals surface area contributed by atoms with Crippen molar-refractivity contribution >= 4 is 15.9 Å². The summed E-state index contributed by atoms with van der Waals surface area (Å²) in [6, 6.07) is 7.95. The normalized spacial score (nSPS) is 10.3. The molecule has 0 spiro atoms. The Bertz CT molecular complexity index is 484. The van der Waals surface area contributed by atoms with E-state index in [4.69, 9.17) is 5.11 Å². The smallest absolute Gasteiger partial charge is 0.220 e. The van der Waals surface area contributed by atoms with Crippen LogP contribution in [0.2, 0.25) is 0 Å². The molecule has 0 atom stereocenters. The van der Waals surface area contributed by atoms with Crippen LogP contribution in [0.3, 0.4) is 0 Å². The molecule has 2 aromatic rings. The summed E-state index contributed by atoms with van der Waals surface area (Å²) in [5, 5.41) is 9.11. The lowest BCUT2D eigenvalue weighted by Gasteiger charge is -2.03. The van der Waals surface area contributed by atoms with E-state index in [-0.39, 0.29) is 5.75 Å². The number of rotatable bonds is 1. The number of hydrogen-bond donors (Lipinski definition) is 1. The summed E-state index contributed by atoms with van der Waals surface area (Å²) in [5.74, 6) is -0.369. The molecule has 4 heteroatoms. The Morgan fingerprint density at radius 2 is 1.87 bits per heavy atom. The lowest BCUT2D eigenvalue weighted by Crippen LogP contribution is -1.88. The van der Waals surface area contributed by atoms with Crippen molar-refractivity contribution in [2.75, 3.05) is 0 Å². The zero-order chi connectivity index (χ0) is 10.8. The highest BCUT2D eigenvalue weighted by Crippen LogP contribution is 2.25. The Labute approximate surface area is 94.5 Å². The molecule has 0 unspecified atom stereocenters. The summed E-state index contributed by atoms with van der Waals surface area (Å²) in [5.41, 5.74) is 1.09. The number of pyridine rings is 1. The minimum absolute atomic E-state index is 0.155. The molecule has 0 amide bonds. The van der Waals surface area contributed by atoms with Crippen LogP contribution in [-0.4, -0.2) is 10.1 Å². The van der Waals surface area contributed by atoms with Gasteiger partial charge in [0.25, 0.3) is 0 Å². The molecule has 1 aromatic heterocycles. The van der Waals surface area contributed by atoms with Crippen molar-refractivity contribution in [3.63, 3.8) is 0 Å². The number of phenolic OH excluding ortho intramolecular Hbond substituents is 1. The fraction of sp³-hybridized carbons (Fsp3) is 0. The average Bonchev–Trinajstić information content (AvgIpc) is 2.23. The van der Waals surface area contributed by atoms with Gasteiger partial charge in [-0.15, -0.1) is 0 Å². The number of nitrogens with zero attached hydrogens (tertiary/aromatic N) is 1. The number of aromatic nitrogens is 1. The van der Waals surface area contributed by atoms with E-state index in [0.29, 0.717) is 15.6 Å². The molecule has 1 heterocycles. The van der Waals surface area contributed by atoms with E-state index in [1.807, 2.05) is 0 Å². The minimum Gasteiger partial charge on any atom is -0.508 e. The third kappa shape index (κ3) is 2.15. The Hall–Kier alpha value is -1.42. The topological polar surface area (TPSA) is 33.1 Å². The molecule has 1 aromatic carbocycles. The second kappa shape index (κ2) is 3.98. The van der Waals surface area contributed by atoms with Crippen molar-refractivity contribution in [3.8, 4) is 16.9 Å². The van der Waals surface area contributed by atoms with Gasteiger partial charge in [-0.3, -0.25) is 0 Å². The quantitative estimate of drug-likeness (QED) is 0.804. The van der Waals surface area contributed by atoms with Gasteiger partial charge in [0, 0.05) is 16.2 Å². The van der Waals surface area contributed by atoms with Crippen LogP contribution < -0.4 is 0 Å². The van der Waals surface area contributed by atoms with Crippen molar-refractivity contribution in [3.05, 3.63) is 46.9 Å². The Balaban J connectivity index is 2.53. The van der Waals surface area contributed by atoms with Crippen LogP contribution in [0.25, 0.3) is 11.1 Å². The first-order valence-corrected chi connectivity index (χ1v) is 5.06. The van der Waals surface area contributed by atoms with Crippen molar-refractivity contribution in [2.45, 2.75) is 0 Å². The summed E-state index contributed by atoms with van der Waals surface area (Å²) < 4.78 is 14.1. The van der Waals surface area contributed by atoms with Crippen LogP contribution in [0.1, 0.15) is 0 Å². The molecule has 0 aliphatic heterocycles. The molecule has 2 rings (SSSR count). The highest BCUT2D eigenvalue weighted by atomic mass is 79.9. The minimum atomic E-state index is -0.524. The van der Waals surface area contributed by atoms with Gasteiger partial charge in [-0.05, 0) is 39.7 Å². The van der Waals surface area contributed by atoms with E-state index >= 15 is 0 Å². The fourth-order valence-electron chi connectivity index (χ4n) is 1.27. The second-order valence-electron chi connectivity index (χ2n) is 3.04. The van der Waals surface area contributed by atoms with Crippen LogP contribution in [0, 0.1) is 5.95 Å². The predicted molar refractivity (Wildman–Crippen MR) is 59.0 cm³/mol. The molecule has 0 aliphatic rings. The standard InChI is InChI=1S/C11H7BrFNO/c12-8-5-10(11(13)14-6-8)7-1-3-9(15)4-2-7/h1-6,15H. The first-order valence-electron chi connectivity index (χ1n) is 4.27. The Morgan fingerprint density at radius 1 is 1.20 bits per heavy atom. The number of benzene rings is 1. The number of hydrogen-bond acceptors (Lipinski definition) is 2. The van der Waals surface area contributed by atoms with E-state index in [0.717, 1.165) is 0 Å². The van der Waals surface area contributed by atoms with Crippen LogP contribution in [0.4, 0.5) is 4.39 Å². The summed E-state index contributed by atoms with van der Waals surface area (Å²) in [7, 11) is 0. The summed E-state index contributed by atoms with van der Waals surface area (Å²) >= 11 is 3.23. The van der Waals surface area contributed by atoms with Gasteiger partial charge < -0.3 is 5.11 Å². The molecule has 15 heavy (non-hydrogen) atoms. The van der Waals surface area contributed by atoms with Crippen LogP contribution in [0.5, 0.6) is 5.75 Å². The molecule has 0 radical (unpaired) electrons. The first kappa shape index (κ1) is 10.1. The molecule has 76 valence electrons. The number of aromatic hydroxyl groups is 1. The summed E-state index contributed by atoms with van der Waals surface area (Å²) in [6.07, 6.45) is 1.40. The van der Waals surface area contributed by atoms with E-state index < -0.39 is 5.95 Å². The lowest BCUT2D eigenvalue weighted by atomic mass is 10.1. The monoisotopic (exact) mass is 267 g/mol. The van der Waals surface area contributed by atoms with Gasteiger partial charge in [0.05, 0.1) is 0 Å². The van der Waals surface area contributed by atoms with Crippen LogP contribution >= 0.6 is 15.9 Å². The van der Waals surface area contributed by atoms with Crippen molar-refractivity contribution < 1.29 is 9.50 Å². The van der Waals surface area contributed by atoms with Gasteiger partial charge >= 0.3 is 0 Å². The Kier molecular flexibility index (Phi) is 2.68. The van der Waals surface area contributed by atoms with E-state index in [1.165, 1.54) is 18.3 Å². The molecular formula is C11H7BrFNO. The van der Waals surface area contributed by atoms with Crippen molar-refractivity contribution in [1.82, 2.24) is 4.98 Å². The summed E-state index contributed by atoms with van der Waals surface area (Å²) in [6.45, 7) is 0. The van der Waals surface area contributed by atoms with Gasteiger partial charge in [0.15, 0.2) is 0 Å². The molecule has 0 saturated heterocycles. The maximum absolute atomic E-state index is 13.4. The maximum Gasteiger partial charge on any atom is 0.220 e. The highest BCUT2D eigenvalue weighted by molar-refractivity contribution is 9.10.